The zero-order valence-electron chi connectivity index (χ0n) is 8.00. The average Bonchev–Trinajstić information content (AvgIpc) is 2.17. The summed E-state index contributed by atoms with van der Waals surface area (Å²) in [5.74, 6) is 0.971. The molecule has 2 rings (SSSR count). The fourth-order valence-electron chi connectivity index (χ4n) is 1.51. The second-order valence-electron chi connectivity index (χ2n) is 3.32. The Morgan fingerprint density at radius 1 is 1.38 bits per heavy atom. The number of rotatable bonds is 1. The minimum Gasteiger partial charge on any atom is -0.487 e. The maximum Gasteiger partial charge on any atom is 0.165 e. The van der Waals surface area contributed by atoms with Crippen LogP contribution in [0.4, 0.5) is 11.4 Å². The third-order valence-electron chi connectivity index (χ3n) is 2.14. The molecule has 3 nitrogen and oxygen atoms in total. The highest BCUT2D eigenvalue weighted by molar-refractivity contribution is 5.72. The van der Waals surface area contributed by atoms with E-state index in [2.05, 4.69) is 16.3 Å². The molecule has 1 heterocycles. The fourth-order valence-corrected chi connectivity index (χ4v) is 1.51. The first-order valence-corrected chi connectivity index (χ1v) is 4.46. The van der Waals surface area contributed by atoms with E-state index in [4.69, 9.17) is 4.74 Å². The Morgan fingerprint density at radius 3 is 3.00 bits per heavy atom. The number of para-hydroxylation sites is 1. The lowest BCUT2D eigenvalue weighted by Crippen LogP contribution is -2.20. The van der Waals surface area contributed by atoms with Crippen molar-refractivity contribution in [3.63, 3.8) is 0 Å². The summed E-state index contributed by atoms with van der Waals surface area (Å²) >= 11 is 0. The first-order valence-electron chi connectivity index (χ1n) is 4.46. The van der Waals surface area contributed by atoms with Gasteiger partial charge < -0.3 is 15.0 Å². The van der Waals surface area contributed by atoms with E-state index >= 15 is 0 Å². The van der Waals surface area contributed by atoms with Gasteiger partial charge in [-0.25, -0.2) is 0 Å². The molecule has 0 amide bonds. The predicted octanol–water partition coefficient (Wildman–Crippen LogP) is 1.56. The summed E-state index contributed by atoms with van der Waals surface area (Å²) in [5.41, 5.74) is 2.22. The van der Waals surface area contributed by atoms with Crippen molar-refractivity contribution in [1.29, 1.82) is 0 Å². The summed E-state index contributed by atoms with van der Waals surface area (Å²) in [6.07, 6.45) is 0. The smallest absolute Gasteiger partial charge is 0.165 e. The molecular formula is C10H14N2O. The maximum atomic E-state index is 5.61. The topological polar surface area (TPSA) is 24.5 Å². The maximum absolute atomic E-state index is 5.61. The molecular weight excluding hydrogens is 164 g/mol. The van der Waals surface area contributed by atoms with E-state index in [9.17, 15) is 0 Å². The summed E-state index contributed by atoms with van der Waals surface area (Å²) in [6.45, 7) is 1.64. The van der Waals surface area contributed by atoms with E-state index in [1.54, 1.807) is 0 Å². The molecule has 3 heteroatoms. The zero-order valence-corrected chi connectivity index (χ0v) is 8.00. The zero-order chi connectivity index (χ0) is 9.26. The summed E-state index contributed by atoms with van der Waals surface area (Å²) in [7, 11) is 4.04. The molecule has 1 aromatic rings. The highest BCUT2D eigenvalue weighted by Crippen LogP contribution is 2.36. The van der Waals surface area contributed by atoms with Gasteiger partial charge >= 0.3 is 0 Å². The van der Waals surface area contributed by atoms with Gasteiger partial charge in [-0.15, -0.1) is 0 Å². The molecule has 1 aliphatic heterocycles. The SMILES string of the molecule is CN(C)c1cccc2c1OCCN2. The minimum atomic E-state index is 0.748. The van der Waals surface area contributed by atoms with Gasteiger partial charge in [-0.1, -0.05) is 6.07 Å². The molecule has 0 radical (unpaired) electrons. The first kappa shape index (κ1) is 8.23. The van der Waals surface area contributed by atoms with Crippen molar-refractivity contribution in [3.05, 3.63) is 18.2 Å². The minimum absolute atomic E-state index is 0.748. The highest BCUT2D eigenvalue weighted by atomic mass is 16.5. The Bertz CT molecular complexity index is 310. The molecule has 1 aromatic carbocycles. The van der Waals surface area contributed by atoms with Crippen molar-refractivity contribution in [2.75, 3.05) is 37.5 Å². The van der Waals surface area contributed by atoms with Gasteiger partial charge in [0.1, 0.15) is 6.61 Å². The lowest BCUT2D eigenvalue weighted by atomic mass is 10.2. The monoisotopic (exact) mass is 178 g/mol. The summed E-state index contributed by atoms with van der Waals surface area (Å²) in [4.78, 5) is 2.06. The number of ether oxygens (including phenoxy) is 1. The Balaban J connectivity index is 2.46. The van der Waals surface area contributed by atoms with Crippen LogP contribution in [0.5, 0.6) is 5.75 Å². The van der Waals surface area contributed by atoms with Crippen LogP contribution < -0.4 is 15.0 Å². The third kappa shape index (κ3) is 1.41. The lowest BCUT2D eigenvalue weighted by molar-refractivity contribution is 0.324. The molecule has 0 aromatic heterocycles. The quantitative estimate of drug-likeness (QED) is 0.706. The molecule has 0 saturated carbocycles. The largest absolute Gasteiger partial charge is 0.487 e. The van der Waals surface area contributed by atoms with Crippen molar-refractivity contribution >= 4 is 11.4 Å². The molecule has 0 bridgehead atoms. The van der Waals surface area contributed by atoms with E-state index in [0.717, 1.165) is 30.3 Å². The predicted molar refractivity (Wildman–Crippen MR) is 54.8 cm³/mol. The highest BCUT2D eigenvalue weighted by Gasteiger charge is 2.14. The number of hydrogen-bond donors (Lipinski definition) is 1. The summed E-state index contributed by atoms with van der Waals surface area (Å²) < 4.78 is 5.61. The molecule has 70 valence electrons. The van der Waals surface area contributed by atoms with Gasteiger partial charge in [-0.05, 0) is 12.1 Å². The van der Waals surface area contributed by atoms with Gasteiger partial charge in [0.25, 0.3) is 0 Å². The van der Waals surface area contributed by atoms with Crippen molar-refractivity contribution in [2.45, 2.75) is 0 Å². The lowest BCUT2D eigenvalue weighted by Gasteiger charge is -2.24. The van der Waals surface area contributed by atoms with Crippen LogP contribution in [0.2, 0.25) is 0 Å². The molecule has 0 atom stereocenters. The standard InChI is InChI=1S/C10H14N2O/c1-12(2)9-5-3-4-8-10(9)13-7-6-11-8/h3-5,11H,6-7H2,1-2H3. The van der Waals surface area contributed by atoms with Gasteiger partial charge in [-0.3, -0.25) is 0 Å². The summed E-state index contributed by atoms with van der Waals surface area (Å²) in [6, 6.07) is 6.14. The van der Waals surface area contributed by atoms with E-state index in [1.165, 1.54) is 0 Å². The van der Waals surface area contributed by atoms with Crippen molar-refractivity contribution in [1.82, 2.24) is 0 Å². The number of nitrogens with zero attached hydrogens (tertiary/aromatic N) is 1. The van der Waals surface area contributed by atoms with Gasteiger partial charge in [0.2, 0.25) is 0 Å². The normalized spacial score (nSPS) is 14.0. The van der Waals surface area contributed by atoms with Crippen molar-refractivity contribution in [2.24, 2.45) is 0 Å². The van der Waals surface area contributed by atoms with Gasteiger partial charge in [0.15, 0.2) is 5.75 Å². The van der Waals surface area contributed by atoms with Gasteiger partial charge in [0.05, 0.1) is 11.4 Å². The van der Waals surface area contributed by atoms with Crippen LogP contribution >= 0.6 is 0 Å². The van der Waals surface area contributed by atoms with Crippen LogP contribution in [0.25, 0.3) is 0 Å². The van der Waals surface area contributed by atoms with Crippen LogP contribution in [0.15, 0.2) is 18.2 Å². The first-order chi connectivity index (χ1) is 6.29. The van der Waals surface area contributed by atoms with Gasteiger partial charge in [0, 0.05) is 20.6 Å². The number of hydrogen-bond acceptors (Lipinski definition) is 3. The average molecular weight is 178 g/mol. The molecule has 0 spiro atoms. The molecule has 0 saturated heterocycles. The number of anilines is 2. The third-order valence-corrected chi connectivity index (χ3v) is 2.14. The molecule has 0 fully saturated rings. The Labute approximate surface area is 78.3 Å². The molecule has 1 aliphatic rings. The van der Waals surface area contributed by atoms with E-state index in [0.29, 0.717) is 0 Å². The number of nitrogens with one attached hydrogen (secondary N) is 1. The fraction of sp³-hybridized carbons (Fsp3) is 0.400. The van der Waals surface area contributed by atoms with Crippen molar-refractivity contribution in [3.8, 4) is 5.75 Å². The van der Waals surface area contributed by atoms with E-state index in [1.807, 2.05) is 26.2 Å². The van der Waals surface area contributed by atoms with Crippen LogP contribution in [0.1, 0.15) is 0 Å². The Kier molecular flexibility index (Phi) is 2.00. The Morgan fingerprint density at radius 2 is 2.23 bits per heavy atom. The Hall–Kier alpha value is -1.38. The summed E-state index contributed by atoms with van der Waals surface area (Å²) in [5, 5.41) is 3.31. The van der Waals surface area contributed by atoms with E-state index in [-0.39, 0.29) is 0 Å². The second-order valence-corrected chi connectivity index (χ2v) is 3.32. The molecule has 0 unspecified atom stereocenters. The molecule has 1 N–H and O–H groups in total. The van der Waals surface area contributed by atoms with Crippen LogP contribution in [-0.2, 0) is 0 Å². The number of fused-ring (bicyclic) bond motifs is 1. The van der Waals surface area contributed by atoms with Crippen molar-refractivity contribution < 1.29 is 4.74 Å². The molecule has 13 heavy (non-hydrogen) atoms. The molecule has 0 aliphatic carbocycles. The van der Waals surface area contributed by atoms with Crippen LogP contribution in [-0.4, -0.2) is 27.2 Å². The number of benzene rings is 1. The van der Waals surface area contributed by atoms with Crippen LogP contribution in [0.3, 0.4) is 0 Å². The van der Waals surface area contributed by atoms with Crippen LogP contribution in [0, 0.1) is 0 Å². The van der Waals surface area contributed by atoms with E-state index < -0.39 is 0 Å². The van der Waals surface area contributed by atoms with Gasteiger partial charge in [-0.2, -0.15) is 0 Å². The second kappa shape index (κ2) is 3.17.